The molecule has 1 aromatic heterocycles. The van der Waals surface area contributed by atoms with E-state index < -0.39 is 0 Å². The fourth-order valence-electron chi connectivity index (χ4n) is 1.37. The summed E-state index contributed by atoms with van der Waals surface area (Å²) in [6.45, 7) is 7.24. The smallest absolute Gasteiger partial charge is 0.136 e. The largest absolute Gasteiger partial charge is 0.389 e. The van der Waals surface area contributed by atoms with E-state index in [2.05, 4.69) is 24.1 Å². The summed E-state index contributed by atoms with van der Waals surface area (Å²) < 4.78 is 0. The van der Waals surface area contributed by atoms with Crippen molar-refractivity contribution in [3.05, 3.63) is 23.4 Å². The molecule has 0 bridgehead atoms. The van der Waals surface area contributed by atoms with E-state index in [1.54, 1.807) is 0 Å². The van der Waals surface area contributed by atoms with Crippen molar-refractivity contribution in [2.24, 2.45) is 11.7 Å². The van der Waals surface area contributed by atoms with Gasteiger partial charge in [-0.15, -0.1) is 0 Å². The van der Waals surface area contributed by atoms with Gasteiger partial charge in [0.05, 0.1) is 5.56 Å². The molecule has 4 heteroatoms. The predicted octanol–water partition coefficient (Wildman–Crippen LogP) is 2.48. The topological polar surface area (TPSA) is 50.9 Å². The van der Waals surface area contributed by atoms with Crippen LogP contribution in [-0.2, 0) is 0 Å². The van der Waals surface area contributed by atoms with E-state index in [4.69, 9.17) is 18.0 Å². The van der Waals surface area contributed by atoms with Crippen LogP contribution in [0.25, 0.3) is 0 Å². The Kier molecular flexibility index (Phi) is 4.68. The summed E-state index contributed by atoms with van der Waals surface area (Å²) >= 11 is 4.99. The second-order valence-corrected chi connectivity index (χ2v) is 4.76. The van der Waals surface area contributed by atoms with Crippen LogP contribution in [-0.4, -0.2) is 16.5 Å². The lowest BCUT2D eigenvalue weighted by molar-refractivity contribution is 0.606. The molecule has 0 fully saturated rings. The molecular formula is C12H19N3S. The van der Waals surface area contributed by atoms with Crippen molar-refractivity contribution in [1.29, 1.82) is 0 Å². The summed E-state index contributed by atoms with van der Waals surface area (Å²) in [7, 11) is 0. The number of nitrogens with two attached hydrogens (primary N) is 1. The zero-order chi connectivity index (χ0) is 12.1. The van der Waals surface area contributed by atoms with Crippen LogP contribution in [0, 0.1) is 12.8 Å². The Hall–Kier alpha value is -1.16. The Bertz CT molecular complexity index is 375. The molecule has 0 amide bonds. The predicted molar refractivity (Wildman–Crippen MR) is 72.8 cm³/mol. The second-order valence-electron chi connectivity index (χ2n) is 4.32. The van der Waals surface area contributed by atoms with Gasteiger partial charge in [0, 0.05) is 12.2 Å². The number of nitrogens with one attached hydrogen (secondary N) is 1. The number of rotatable bonds is 5. The maximum absolute atomic E-state index is 5.65. The Morgan fingerprint density at radius 2 is 2.19 bits per heavy atom. The number of anilines is 1. The molecule has 0 saturated heterocycles. The lowest BCUT2D eigenvalue weighted by atomic mass is 10.1. The van der Waals surface area contributed by atoms with Crippen LogP contribution in [0.15, 0.2) is 12.1 Å². The van der Waals surface area contributed by atoms with E-state index in [1.165, 1.54) is 0 Å². The van der Waals surface area contributed by atoms with Gasteiger partial charge in [0.1, 0.15) is 10.8 Å². The molecule has 88 valence electrons. The number of aromatic nitrogens is 1. The first-order valence-corrected chi connectivity index (χ1v) is 5.93. The van der Waals surface area contributed by atoms with E-state index in [-0.39, 0.29) is 0 Å². The minimum absolute atomic E-state index is 0.388. The third-order valence-corrected chi connectivity index (χ3v) is 2.53. The summed E-state index contributed by atoms with van der Waals surface area (Å²) in [5, 5.41) is 3.29. The molecule has 1 rings (SSSR count). The highest BCUT2D eigenvalue weighted by molar-refractivity contribution is 7.80. The van der Waals surface area contributed by atoms with Crippen LogP contribution in [0.5, 0.6) is 0 Å². The molecule has 3 nitrogen and oxygen atoms in total. The van der Waals surface area contributed by atoms with Crippen molar-refractivity contribution in [1.82, 2.24) is 4.98 Å². The maximum atomic E-state index is 5.65. The van der Waals surface area contributed by atoms with Crippen LogP contribution in [0.4, 0.5) is 5.82 Å². The first-order valence-electron chi connectivity index (χ1n) is 5.52. The molecule has 0 unspecified atom stereocenters. The van der Waals surface area contributed by atoms with Crippen molar-refractivity contribution in [3.8, 4) is 0 Å². The van der Waals surface area contributed by atoms with Crippen LogP contribution in [0.3, 0.4) is 0 Å². The Morgan fingerprint density at radius 1 is 1.50 bits per heavy atom. The molecule has 0 saturated carbocycles. The molecular weight excluding hydrogens is 218 g/mol. The quantitative estimate of drug-likeness (QED) is 0.773. The summed E-state index contributed by atoms with van der Waals surface area (Å²) in [6, 6.07) is 3.84. The third-order valence-electron chi connectivity index (χ3n) is 2.31. The van der Waals surface area contributed by atoms with Gasteiger partial charge in [0.2, 0.25) is 0 Å². The molecule has 0 aliphatic carbocycles. The Morgan fingerprint density at radius 3 is 2.75 bits per heavy atom. The number of pyridine rings is 1. The second kappa shape index (κ2) is 5.80. The third kappa shape index (κ3) is 3.77. The summed E-state index contributed by atoms with van der Waals surface area (Å²) in [4.78, 5) is 4.80. The summed E-state index contributed by atoms with van der Waals surface area (Å²) in [6.07, 6.45) is 1.10. The van der Waals surface area contributed by atoms with E-state index >= 15 is 0 Å². The Balaban J connectivity index is 2.76. The minimum atomic E-state index is 0.388. The molecule has 0 spiro atoms. The van der Waals surface area contributed by atoms with Crippen LogP contribution in [0.1, 0.15) is 31.5 Å². The fourth-order valence-corrected chi connectivity index (χ4v) is 1.53. The van der Waals surface area contributed by atoms with Gasteiger partial charge in [-0.2, -0.15) is 0 Å². The Labute approximate surface area is 102 Å². The average Bonchev–Trinajstić information content (AvgIpc) is 2.16. The highest BCUT2D eigenvalue weighted by Crippen LogP contribution is 2.13. The number of thiocarbonyl (C=S) groups is 1. The fraction of sp³-hybridized carbons (Fsp3) is 0.500. The SMILES string of the molecule is Cc1ccc(C(N)=S)c(NCCC(C)C)n1. The monoisotopic (exact) mass is 237 g/mol. The number of aryl methyl sites for hydroxylation is 1. The van der Waals surface area contributed by atoms with Crippen molar-refractivity contribution < 1.29 is 0 Å². The van der Waals surface area contributed by atoms with Gasteiger partial charge in [0.15, 0.2) is 0 Å². The molecule has 16 heavy (non-hydrogen) atoms. The van der Waals surface area contributed by atoms with Gasteiger partial charge < -0.3 is 11.1 Å². The molecule has 3 N–H and O–H groups in total. The highest BCUT2D eigenvalue weighted by atomic mass is 32.1. The van der Waals surface area contributed by atoms with Gasteiger partial charge in [-0.1, -0.05) is 26.1 Å². The molecule has 0 radical (unpaired) electrons. The highest BCUT2D eigenvalue weighted by Gasteiger charge is 2.06. The minimum Gasteiger partial charge on any atom is -0.389 e. The van der Waals surface area contributed by atoms with Gasteiger partial charge in [-0.25, -0.2) is 4.98 Å². The van der Waals surface area contributed by atoms with Crippen LogP contribution >= 0.6 is 12.2 Å². The van der Waals surface area contributed by atoms with Crippen molar-refractivity contribution >= 4 is 23.0 Å². The van der Waals surface area contributed by atoms with Gasteiger partial charge in [-0.3, -0.25) is 0 Å². The molecule has 0 aliphatic rings. The van der Waals surface area contributed by atoms with Crippen molar-refractivity contribution in [3.63, 3.8) is 0 Å². The number of hydrogen-bond acceptors (Lipinski definition) is 3. The molecule has 0 aliphatic heterocycles. The van der Waals surface area contributed by atoms with Crippen LogP contribution < -0.4 is 11.1 Å². The zero-order valence-electron chi connectivity index (χ0n) is 10.1. The molecule has 1 aromatic rings. The average molecular weight is 237 g/mol. The molecule has 0 atom stereocenters. The number of hydrogen-bond donors (Lipinski definition) is 2. The standard InChI is InChI=1S/C12H19N3S/c1-8(2)6-7-14-12-10(11(13)16)5-4-9(3)15-12/h4-5,8H,6-7H2,1-3H3,(H2,13,16)(H,14,15). The van der Waals surface area contributed by atoms with Gasteiger partial charge in [-0.05, 0) is 31.4 Å². The van der Waals surface area contributed by atoms with Crippen LogP contribution in [0.2, 0.25) is 0 Å². The maximum Gasteiger partial charge on any atom is 0.136 e. The van der Waals surface area contributed by atoms with E-state index in [0.29, 0.717) is 10.9 Å². The van der Waals surface area contributed by atoms with Crippen molar-refractivity contribution in [2.75, 3.05) is 11.9 Å². The summed E-state index contributed by atoms with van der Waals surface area (Å²) in [5.41, 5.74) is 7.44. The van der Waals surface area contributed by atoms with E-state index in [9.17, 15) is 0 Å². The lowest BCUT2D eigenvalue weighted by Gasteiger charge is -2.11. The first kappa shape index (κ1) is 12.9. The van der Waals surface area contributed by atoms with Gasteiger partial charge in [0.25, 0.3) is 0 Å². The van der Waals surface area contributed by atoms with Gasteiger partial charge >= 0.3 is 0 Å². The van der Waals surface area contributed by atoms with Crippen molar-refractivity contribution in [2.45, 2.75) is 27.2 Å². The zero-order valence-corrected chi connectivity index (χ0v) is 10.9. The van der Waals surface area contributed by atoms with E-state index in [0.717, 1.165) is 30.0 Å². The number of nitrogens with zero attached hydrogens (tertiary/aromatic N) is 1. The normalized spacial score (nSPS) is 10.5. The first-order chi connectivity index (χ1) is 7.50. The molecule has 0 aromatic carbocycles. The summed E-state index contributed by atoms with van der Waals surface area (Å²) in [5.74, 6) is 1.47. The van der Waals surface area contributed by atoms with E-state index in [1.807, 2.05) is 19.1 Å². The molecule has 1 heterocycles. The lowest BCUT2D eigenvalue weighted by Crippen LogP contribution is -2.16.